The van der Waals surface area contributed by atoms with Crippen molar-refractivity contribution in [3.63, 3.8) is 0 Å². The summed E-state index contributed by atoms with van der Waals surface area (Å²) in [6, 6.07) is 4.98. The highest BCUT2D eigenvalue weighted by molar-refractivity contribution is 6.35. The molecule has 0 aliphatic heterocycles. The van der Waals surface area contributed by atoms with Crippen LogP contribution in [0.4, 0.5) is 0 Å². The van der Waals surface area contributed by atoms with Crippen LogP contribution in [0.3, 0.4) is 0 Å². The topological polar surface area (TPSA) is 37.3 Å². The summed E-state index contributed by atoms with van der Waals surface area (Å²) < 4.78 is 0. The molecular formula is C11H10Cl2O2. The third-order valence-electron chi connectivity index (χ3n) is 3.10. The number of carboxylic acids is 1. The fraction of sp³-hybridized carbons (Fsp3) is 0.364. The summed E-state index contributed by atoms with van der Waals surface area (Å²) >= 11 is 11.8. The molecule has 0 aromatic heterocycles. The minimum absolute atomic E-state index is 0.133. The van der Waals surface area contributed by atoms with Gasteiger partial charge in [0.15, 0.2) is 0 Å². The molecule has 1 aromatic carbocycles. The van der Waals surface area contributed by atoms with Crippen molar-refractivity contribution >= 4 is 29.2 Å². The van der Waals surface area contributed by atoms with Crippen LogP contribution in [0.15, 0.2) is 18.2 Å². The van der Waals surface area contributed by atoms with E-state index in [1.54, 1.807) is 18.2 Å². The van der Waals surface area contributed by atoms with Gasteiger partial charge in [-0.2, -0.15) is 0 Å². The Morgan fingerprint density at radius 3 is 2.53 bits per heavy atom. The van der Waals surface area contributed by atoms with Crippen molar-refractivity contribution < 1.29 is 9.90 Å². The molecule has 1 saturated carbocycles. The predicted molar refractivity (Wildman–Crippen MR) is 59.6 cm³/mol. The lowest BCUT2D eigenvalue weighted by Gasteiger charge is -2.13. The SMILES string of the molecule is CC1CC1(C(=O)O)c1ccc(Cl)cc1Cl. The minimum Gasteiger partial charge on any atom is -0.481 e. The van der Waals surface area contributed by atoms with Gasteiger partial charge in [0.05, 0.1) is 5.41 Å². The number of halogens is 2. The van der Waals surface area contributed by atoms with E-state index in [0.717, 1.165) is 0 Å². The molecule has 1 aromatic rings. The summed E-state index contributed by atoms with van der Waals surface area (Å²) in [5, 5.41) is 10.2. The van der Waals surface area contributed by atoms with Gasteiger partial charge in [0, 0.05) is 10.0 Å². The van der Waals surface area contributed by atoms with Crippen LogP contribution in [0.1, 0.15) is 18.9 Å². The van der Waals surface area contributed by atoms with Crippen LogP contribution in [0.2, 0.25) is 10.0 Å². The van der Waals surface area contributed by atoms with E-state index in [9.17, 15) is 9.90 Å². The van der Waals surface area contributed by atoms with E-state index in [0.29, 0.717) is 22.0 Å². The number of benzene rings is 1. The normalized spacial score (nSPS) is 28.9. The van der Waals surface area contributed by atoms with Crippen molar-refractivity contribution in [3.8, 4) is 0 Å². The maximum Gasteiger partial charge on any atom is 0.314 e. The van der Waals surface area contributed by atoms with Crippen LogP contribution in [0.5, 0.6) is 0 Å². The first-order valence-corrected chi connectivity index (χ1v) is 5.43. The Hall–Kier alpha value is -0.730. The van der Waals surface area contributed by atoms with Crippen LogP contribution in [-0.4, -0.2) is 11.1 Å². The molecule has 2 unspecified atom stereocenters. The average Bonchev–Trinajstić information content (AvgIpc) is 2.78. The van der Waals surface area contributed by atoms with E-state index in [4.69, 9.17) is 23.2 Å². The first kappa shape index (κ1) is 10.8. The standard InChI is InChI=1S/C11H10Cl2O2/c1-6-5-11(6,10(14)15)8-3-2-7(12)4-9(8)13/h2-4,6H,5H2,1H3,(H,14,15). The van der Waals surface area contributed by atoms with E-state index < -0.39 is 11.4 Å². The summed E-state index contributed by atoms with van der Waals surface area (Å²) in [7, 11) is 0. The second kappa shape index (κ2) is 3.39. The zero-order valence-electron chi connectivity index (χ0n) is 8.13. The zero-order valence-corrected chi connectivity index (χ0v) is 9.64. The van der Waals surface area contributed by atoms with Crippen molar-refractivity contribution in [1.82, 2.24) is 0 Å². The molecule has 1 aliphatic carbocycles. The Kier molecular flexibility index (Phi) is 2.44. The Balaban J connectivity index is 2.50. The monoisotopic (exact) mass is 244 g/mol. The lowest BCUT2D eigenvalue weighted by molar-refractivity contribution is -0.140. The Morgan fingerprint density at radius 1 is 1.53 bits per heavy atom. The summed E-state index contributed by atoms with van der Waals surface area (Å²) in [6.45, 7) is 1.92. The van der Waals surface area contributed by atoms with E-state index in [1.165, 1.54) is 0 Å². The molecule has 0 heterocycles. The summed E-state index contributed by atoms with van der Waals surface area (Å²) in [6.07, 6.45) is 0.643. The molecular weight excluding hydrogens is 235 g/mol. The first-order chi connectivity index (χ1) is 6.98. The second-order valence-electron chi connectivity index (χ2n) is 4.01. The molecule has 4 heteroatoms. The highest BCUT2D eigenvalue weighted by Gasteiger charge is 2.59. The highest BCUT2D eigenvalue weighted by Crippen LogP contribution is 2.56. The Morgan fingerprint density at radius 2 is 2.13 bits per heavy atom. The van der Waals surface area contributed by atoms with Gasteiger partial charge in [-0.05, 0) is 30.0 Å². The van der Waals surface area contributed by atoms with Gasteiger partial charge in [-0.1, -0.05) is 36.2 Å². The number of carboxylic acid groups (broad SMARTS) is 1. The van der Waals surface area contributed by atoms with Crippen molar-refractivity contribution in [3.05, 3.63) is 33.8 Å². The zero-order chi connectivity index (χ0) is 11.2. The molecule has 0 radical (unpaired) electrons. The van der Waals surface area contributed by atoms with Crippen LogP contribution in [-0.2, 0) is 10.2 Å². The van der Waals surface area contributed by atoms with Gasteiger partial charge in [-0.3, -0.25) is 4.79 Å². The molecule has 2 nitrogen and oxygen atoms in total. The fourth-order valence-corrected chi connectivity index (χ4v) is 2.64. The van der Waals surface area contributed by atoms with Crippen molar-refractivity contribution in [2.24, 2.45) is 5.92 Å². The average molecular weight is 245 g/mol. The van der Waals surface area contributed by atoms with E-state index in [1.807, 2.05) is 6.92 Å². The Labute approximate surface area is 97.8 Å². The molecule has 0 spiro atoms. The van der Waals surface area contributed by atoms with Crippen molar-refractivity contribution in [2.75, 3.05) is 0 Å². The molecule has 1 fully saturated rings. The molecule has 0 saturated heterocycles. The van der Waals surface area contributed by atoms with Crippen molar-refractivity contribution in [2.45, 2.75) is 18.8 Å². The van der Waals surface area contributed by atoms with Crippen LogP contribution < -0.4 is 0 Å². The predicted octanol–water partition coefficient (Wildman–Crippen LogP) is 3.36. The van der Waals surface area contributed by atoms with Gasteiger partial charge in [0.2, 0.25) is 0 Å². The number of hydrogen-bond acceptors (Lipinski definition) is 1. The van der Waals surface area contributed by atoms with Gasteiger partial charge >= 0.3 is 5.97 Å². The largest absolute Gasteiger partial charge is 0.481 e. The molecule has 1 aliphatic rings. The lowest BCUT2D eigenvalue weighted by atomic mass is 9.94. The molecule has 0 amide bonds. The summed E-state index contributed by atoms with van der Waals surface area (Å²) in [5.41, 5.74) is -0.115. The molecule has 2 atom stereocenters. The molecule has 2 rings (SSSR count). The number of hydrogen-bond donors (Lipinski definition) is 1. The van der Waals surface area contributed by atoms with E-state index in [2.05, 4.69) is 0 Å². The lowest BCUT2D eigenvalue weighted by Crippen LogP contribution is -2.22. The minimum atomic E-state index is -0.806. The van der Waals surface area contributed by atoms with Gasteiger partial charge in [-0.25, -0.2) is 0 Å². The number of rotatable bonds is 2. The second-order valence-corrected chi connectivity index (χ2v) is 4.85. The quantitative estimate of drug-likeness (QED) is 0.867. The summed E-state index contributed by atoms with van der Waals surface area (Å²) in [4.78, 5) is 11.2. The number of aliphatic carboxylic acids is 1. The highest BCUT2D eigenvalue weighted by atomic mass is 35.5. The molecule has 0 bridgehead atoms. The van der Waals surface area contributed by atoms with Crippen LogP contribution in [0.25, 0.3) is 0 Å². The number of carbonyl (C=O) groups is 1. The van der Waals surface area contributed by atoms with Gasteiger partial charge < -0.3 is 5.11 Å². The smallest absolute Gasteiger partial charge is 0.314 e. The molecule has 80 valence electrons. The molecule has 1 N–H and O–H groups in total. The Bertz CT molecular complexity index is 431. The fourth-order valence-electron chi connectivity index (χ4n) is 2.06. The van der Waals surface area contributed by atoms with Gasteiger partial charge in [0.1, 0.15) is 0 Å². The maximum atomic E-state index is 11.2. The third-order valence-corrected chi connectivity index (χ3v) is 3.65. The third kappa shape index (κ3) is 1.52. The van der Waals surface area contributed by atoms with Gasteiger partial charge in [0.25, 0.3) is 0 Å². The van der Waals surface area contributed by atoms with E-state index >= 15 is 0 Å². The molecule has 15 heavy (non-hydrogen) atoms. The summed E-state index contributed by atoms with van der Waals surface area (Å²) in [5.74, 6) is -0.673. The van der Waals surface area contributed by atoms with Crippen LogP contribution in [0, 0.1) is 5.92 Å². The van der Waals surface area contributed by atoms with Crippen molar-refractivity contribution in [1.29, 1.82) is 0 Å². The first-order valence-electron chi connectivity index (χ1n) is 4.67. The van der Waals surface area contributed by atoms with E-state index in [-0.39, 0.29) is 5.92 Å². The van der Waals surface area contributed by atoms with Gasteiger partial charge in [-0.15, -0.1) is 0 Å². The van der Waals surface area contributed by atoms with Crippen LogP contribution >= 0.6 is 23.2 Å². The maximum absolute atomic E-state index is 11.2.